The van der Waals surface area contributed by atoms with Gasteiger partial charge in [-0.15, -0.1) is 0 Å². The maximum Gasteiger partial charge on any atom is 0.228 e. The van der Waals surface area contributed by atoms with Crippen LogP contribution in [0, 0.1) is 0 Å². The Morgan fingerprint density at radius 3 is 2.73 bits per heavy atom. The summed E-state index contributed by atoms with van der Waals surface area (Å²) in [7, 11) is 0. The highest BCUT2D eigenvalue weighted by molar-refractivity contribution is 5.98. The number of fused-ring (bicyclic) bond motifs is 2. The summed E-state index contributed by atoms with van der Waals surface area (Å²) >= 11 is 0. The molecule has 6 heterocycles. The maximum atomic E-state index is 12.6. The van der Waals surface area contributed by atoms with Crippen molar-refractivity contribution in [2.24, 2.45) is 0 Å². The molecule has 1 aliphatic rings. The molecule has 1 aliphatic heterocycles. The second-order valence-electron chi connectivity index (χ2n) is 10.2. The van der Waals surface area contributed by atoms with Gasteiger partial charge >= 0.3 is 0 Å². The Bertz CT molecular complexity index is 1820. The minimum atomic E-state index is -0.0953. The largest absolute Gasteiger partial charge is 0.371 e. The molecule has 0 spiro atoms. The molecule has 6 aromatic rings. The van der Waals surface area contributed by atoms with Crippen LogP contribution in [0.15, 0.2) is 79.3 Å². The quantitative estimate of drug-likeness (QED) is 0.254. The molecule has 0 bridgehead atoms. The van der Waals surface area contributed by atoms with Gasteiger partial charge in [-0.2, -0.15) is 5.10 Å². The predicted octanol–water partition coefficient (Wildman–Crippen LogP) is 5.73. The average Bonchev–Trinajstić information content (AvgIpc) is 3.62. The predicted molar refractivity (Wildman–Crippen MR) is 157 cm³/mol. The van der Waals surface area contributed by atoms with Crippen molar-refractivity contribution in [3.8, 4) is 22.6 Å². The van der Waals surface area contributed by atoms with E-state index in [9.17, 15) is 4.79 Å². The molecule has 1 aromatic carbocycles. The first-order chi connectivity index (χ1) is 19.7. The van der Waals surface area contributed by atoms with Crippen LogP contribution in [-0.4, -0.2) is 49.1 Å². The normalized spacial score (nSPS) is 13.7. The smallest absolute Gasteiger partial charge is 0.228 e. The van der Waals surface area contributed by atoms with Crippen molar-refractivity contribution in [1.29, 1.82) is 0 Å². The van der Waals surface area contributed by atoms with Gasteiger partial charge < -0.3 is 15.2 Å². The lowest BCUT2D eigenvalue weighted by Gasteiger charge is -2.29. The lowest BCUT2D eigenvalue weighted by molar-refractivity contribution is -0.115. The average molecular weight is 529 g/mol. The number of aromatic amines is 2. The van der Waals surface area contributed by atoms with Crippen LogP contribution in [0.3, 0.4) is 0 Å². The molecule has 9 heteroatoms. The fraction of sp³-hybridized carbons (Fsp3) is 0.194. The highest BCUT2D eigenvalue weighted by Gasteiger charge is 2.19. The number of pyridine rings is 3. The van der Waals surface area contributed by atoms with E-state index >= 15 is 0 Å². The summed E-state index contributed by atoms with van der Waals surface area (Å²) in [5.41, 5.74) is 8.36. The third-order valence-electron chi connectivity index (χ3n) is 7.39. The summed E-state index contributed by atoms with van der Waals surface area (Å²) in [6.45, 7) is 2.13. The van der Waals surface area contributed by atoms with Crippen LogP contribution < -0.4 is 10.2 Å². The number of carbonyl (C=O) groups excluding carboxylic acids is 1. The minimum Gasteiger partial charge on any atom is -0.371 e. The first-order valence-corrected chi connectivity index (χ1v) is 13.6. The summed E-state index contributed by atoms with van der Waals surface area (Å²) in [5.74, 6) is -0.0953. The van der Waals surface area contributed by atoms with Gasteiger partial charge in [0.2, 0.25) is 5.91 Å². The molecule has 0 radical (unpaired) electrons. The highest BCUT2D eigenvalue weighted by Crippen LogP contribution is 2.33. The zero-order valence-corrected chi connectivity index (χ0v) is 21.9. The molecular formula is C31H28N8O. The minimum absolute atomic E-state index is 0.0953. The molecule has 0 unspecified atom stereocenters. The Morgan fingerprint density at radius 2 is 1.85 bits per heavy atom. The van der Waals surface area contributed by atoms with Crippen LogP contribution >= 0.6 is 0 Å². The van der Waals surface area contributed by atoms with Crippen molar-refractivity contribution in [3.63, 3.8) is 0 Å². The van der Waals surface area contributed by atoms with Gasteiger partial charge in [-0.05, 0) is 55.2 Å². The summed E-state index contributed by atoms with van der Waals surface area (Å²) in [6, 6.07) is 19.7. The Kier molecular flexibility index (Phi) is 6.16. The number of anilines is 2. The van der Waals surface area contributed by atoms with Crippen molar-refractivity contribution in [2.75, 3.05) is 23.3 Å². The first kappa shape index (κ1) is 24.0. The standard InChI is InChI=1S/C31H28N8O/c40-28(15-20-7-3-1-4-8-20)34-22-16-21(18-32-19-22)24-9-10-25-29(35-24)30(38-37-25)26-17-23-27(11-12-33-31(23)36-26)39-13-5-2-6-14-39/h1,3-4,7-12,16-19H,2,5-6,13-15H2,(H,33,36)(H,34,40)(H,37,38). The van der Waals surface area contributed by atoms with Crippen molar-refractivity contribution in [3.05, 3.63) is 84.8 Å². The molecule has 7 rings (SSSR count). The van der Waals surface area contributed by atoms with Gasteiger partial charge in [-0.25, -0.2) is 9.97 Å². The van der Waals surface area contributed by atoms with E-state index in [1.54, 1.807) is 12.4 Å². The van der Waals surface area contributed by atoms with Crippen molar-refractivity contribution >= 4 is 39.3 Å². The van der Waals surface area contributed by atoms with Crippen LogP contribution in [0.25, 0.3) is 44.7 Å². The van der Waals surface area contributed by atoms with Crippen LogP contribution in [0.1, 0.15) is 24.8 Å². The van der Waals surface area contributed by atoms with Crippen LogP contribution in [0.2, 0.25) is 0 Å². The fourth-order valence-electron chi connectivity index (χ4n) is 5.43. The molecule has 1 amide bonds. The van der Waals surface area contributed by atoms with Crippen molar-refractivity contribution < 1.29 is 4.79 Å². The SMILES string of the molecule is O=C(Cc1ccccc1)Nc1cncc(-c2ccc3[nH]nc(-c4cc5c(N6CCCCC6)ccnc5[nH]4)c3n2)c1. The third-order valence-corrected chi connectivity index (χ3v) is 7.39. The number of aromatic nitrogens is 6. The fourth-order valence-corrected chi connectivity index (χ4v) is 5.43. The van der Waals surface area contributed by atoms with Gasteiger partial charge in [-0.3, -0.25) is 14.9 Å². The Hall–Kier alpha value is -5.05. The number of benzene rings is 1. The lowest BCUT2D eigenvalue weighted by atomic mass is 10.1. The Balaban J connectivity index is 1.19. The van der Waals surface area contributed by atoms with E-state index in [1.165, 1.54) is 24.9 Å². The molecule has 198 valence electrons. The molecule has 1 fully saturated rings. The molecule has 0 atom stereocenters. The van der Waals surface area contributed by atoms with Gasteiger partial charge in [0.15, 0.2) is 0 Å². The molecule has 40 heavy (non-hydrogen) atoms. The van der Waals surface area contributed by atoms with E-state index in [-0.39, 0.29) is 5.91 Å². The topological polar surface area (TPSA) is 115 Å². The van der Waals surface area contributed by atoms with Crippen molar-refractivity contribution in [2.45, 2.75) is 25.7 Å². The monoisotopic (exact) mass is 528 g/mol. The van der Waals surface area contributed by atoms with Crippen LogP contribution in [0.5, 0.6) is 0 Å². The molecular weight excluding hydrogens is 500 g/mol. The Morgan fingerprint density at radius 1 is 0.975 bits per heavy atom. The van der Waals surface area contributed by atoms with Gasteiger partial charge in [0.1, 0.15) is 16.9 Å². The van der Waals surface area contributed by atoms with Gasteiger partial charge in [0.05, 0.1) is 35.2 Å². The van der Waals surface area contributed by atoms with E-state index in [0.29, 0.717) is 12.1 Å². The van der Waals surface area contributed by atoms with Crippen molar-refractivity contribution in [1.82, 2.24) is 30.1 Å². The Labute approximate surface area is 230 Å². The molecule has 0 aliphatic carbocycles. The third kappa shape index (κ3) is 4.66. The van der Waals surface area contributed by atoms with E-state index in [2.05, 4.69) is 47.5 Å². The lowest BCUT2D eigenvalue weighted by Crippen LogP contribution is -2.29. The number of hydrogen-bond donors (Lipinski definition) is 3. The zero-order chi connectivity index (χ0) is 26.9. The number of carbonyl (C=O) groups is 1. The number of amides is 1. The molecule has 0 saturated carbocycles. The highest BCUT2D eigenvalue weighted by atomic mass is 16.1. The molecule has 9 nitrogen and oxygen atoms in total. The number of piperidine rings is 1. The van der Waals surface area contributed by atoms with Crippen LogP contribution in [0.4, 0.5) is 11.4 Å². The van der Waals surface area contributed by atoms with E-state index in [0.717, 1.165) is 63.4 Å². The summed E-state index contributed by atoms with van der Waals surface area (Å²) in [4.78, 5) is 32.4. The number of nitrogens with one attached hydrogen (secondary N) is 3. The summed E-state index contributed by atoms with van der Waals surface area (Å²) in [5, 5.41) is 11.8. The van der Waals surface area contributed by atoms with Gasteiger partial charge in [-0.1, -0.05) is 30.3 Å². The number of H-pyrrole nitrogens is 2. The first-order valence-electron chi connectivity index (χ1n) is 13.6. The van der Waals surface area contributed by atoms with Gasteiger partial charge in [0.25, 0.3) is 0 Å². The zero-order valence-electron chi connectivity index (χ0n) is 21.9. The summed E-state index contributed by atoms with van der Waals surface area (Å²) < 4.78 is 0. The number of hydrogen-bond acceptors (Lipinski definition) is 6. The summed E-state index contributed by atoms with van der Waals surface area (Å²) in [6.07, 6.45) is 9.27. The molecule has 5 aromatic heterocycles. The second-order valence-corrected chi connectivity index (χ2v) is 10.2. The van der Waals surface area contributed by atoms with E-state index in [1.807, 2.05) is 54.7 Å². The number of nitrogens with zero attached hydrogens (tertiary/aromatic N) is 5. The van der Waals surface area contributed by atoms with Crippen LogP contribution in [-0.2, 0) is 11.2 Å². The molecule has 3 N–H and O–H groups in total. The maximum absolute atomic E-state index is 12.6. The van der Waals surface area contributed by atoms with Gasteiger partial charge in [0, 0.05) is 42.1 Å². The van der Waals surface area contributed by atoms with E-state index < -0.39 is 0 Å². The second kappa shape index (κ2) is 10.3. The molecule has 1 saturated heterocycles. The van der Waals surface area contributed by atoms with E-state index in [4.69, 9.17) is 4.98 Å². The number of rotatable bonds is 6.